The number of rotatable bonds is 13. The zero-order chi connectivity index (χ0) is 30.6. The predicted octanol–water partition coefficient (Wildman–Crippen LogP) is 6.01. The zero-order valence-corrected chi connectivity index (χ0v) is 26.2. The van der Waals surface area contributed by atoms with E-state index in [0.717, 1.165) is 31.2 Å². The van der Waals surface area contributed by atoms with Gasteiger partial charge in [0.05, 0.1) is 25.9 Å². The van der Waals surface area contributed by atoms with E-state index in [1.807, 2.05) is 18.2 Å². The summed E-state index contributed by atoms with van der Waals surface area (Å²) in [6.07, 6.45) is 4.30. The first-order valence-corrected chi connectivity index (χ1v) is 14.9. The number of carbonyl (C=O) groups is 3. The minimum atomic E-state index is -1.02. The van der Waals surface area contributed by atoms with Gasteiger partial charge in [-0.3, -0.25) is 0 Å². The van der Waals surface area contributed by atoms with E-state index in [1.54, 1.807) is 25.1 Å². The molecular formula is C30H49ClN4O6. The lowest BCUT2D eigenvalue weighted by Gasteiger charge is -2.45. The number of halogens is 1. The number of hydrogen-bond acceptors (Lipinski definition) is 5. The Morgan fingerprint density at radius 3 is 2.39 bits per heavy atom. The highest BCUT2D eigenvalue weighted by Gasteiger charge is 2.40. The molecule has 0 aromatic heterocycles. The molecule has 0 radical (unpaired) electrons. The van der Waals surface area contributed by atoms with Gasteiger partial charge in [-0.15, -0.1) is 0 Å². The van der Waals surface area contributed by atoms with Gasteiger partial charge < -0.3 is 35.0 Å². The highest BCUT2D eigenvalue weighted by Crippen LogP contribution is 2.42. The van der Waals surface area contributed by atoms with Gasteiger partial charge in [-0.1, -0.05) is 76.6 Å². The highest BCUT2D eigenvalue weighted by atomic mass is 35.5. The molecule has 0 heterocycles. The van der Waals surface area contributed by atoms with Crippen molar-refractivity contribution in [1.29, 1.82) is 0 Å². The number of nitrogens with one attached hydrogen (secondary N) is 2. The molecule has 3 N–H and O–H groups in total. The van der Waals surface area contributed by atoms with Gasteiger partial charge in [-0.05, 0) is 41.4 Å². The summed E-state index contributed by atoms with van der Waals surface area (Å²) in [6, 6.07) is 6.79. The fourth-order valence-electron chi connectivity index (χ4n) is 5.92. The molecule has 1 saturated carbocycles. The molecule has 1 aliphatic rings. The van der Waals surface area contributed by atoms with E-state index in [4.69, 9.17) is 16.3 Å². The normalized spacial score (nSPS) is 16.3. The lowest BCUT2D eigenvalue weighted by molar-refractivity contribution is 0.0428. The smallest absolute Gasteiger partial charge is 0.407 e. The summed E-state index contributed by atoms with van der Waals surface area (Å²) in [5, 5.41) is 16.0. The summed E-state index contributed by atoms with van der Waals surface area (Å²) in [5.41, 5.74) is 0.747. The monoisotopic (exact) mass is 596 g/mol. The second kappa shape index (κ2) is 16.7. The number of nitrogens with zero attached hydrogens (tertiary/aromatic N) is 2. The first-order chi connectivity index (χ1) is 19.3. The van der Waals surface area contributed by atoms with E-state index >= 15 is 0 Å². The number of urea groups is 1. The summed E-state index contributed by atoms with van der Waals surface area (Å²) in [5.74, 6) is 0.535. The number of methoxy groups -OCH3 is 1. The van der Waals surface area contributed by atoms with Gasteiger partial charge in [-0.2, -0.15) is 0 Å². The van der Waals surface area contributed by atoms with Crippen LogP contribution in [0.15, 0.2) is 24.3 Å². The number of amides is 4. The van der Waals surface area contributed by atoms with Crippen molar-refractivity contribution in [2.45, 2.75) is 71.4 Å². The SMILES string of the molecule is COC(=O)NCCOC(CCN(C)C(=O)NC(CN(C)C(=O)O)C(C1CCCCC1)C(C)(C)C)c1cccc(Cl)c1. The lowest BCUT2D eigenvalue weighted by Crippen LogP contribution is -2.56. The molecule has 3 unspecified atom stereocenters. The van der Waals surface area contributed by atoms with E-state index in [-0.39, 0.29) is 49.2 Å². The average molecular weight is 597 g/mol. The van der Waals surface area contributed by atoms with Crippen LogP contribution >= 0.6 is 11.6 Å². The number of hydrogen-bond donors (Lipinski definition) is 3. The molecule has 0 spiro atoms. The summed E-state index contributed by atoms with van der Waals surface area (Å²) in [6.45, 7) is 7.66. The molecule has 10 nitrogen and oxygen atoms in total. The molecule has 11 heteroatoms. The molecule has 232 valence electrons. The molecule has 2 rings (SSSR count). The van der Waals surface area contributed by atoms with Gasteiger partial charge in [-0.25, -0.2) is 14.4 Å². The maximum absolute atomic E-state index is 13.5. The minimum absolute atomic E-state index is 0.117. The fourth-order valence-corrected chi connectivity index (χ4v) is 6.11. The molecule has 0 aliphatic heterocycles. The largest absolute Gasteiger partial charge is 0.465 e. The van der Waals surface area contributed by atoms with E-state index in [2.05, 4.69) is 36.1 Å². The van der Waals surface area contributed by atoms with E-state index in [9.17, 15) is 19.5 Å². The maximum atomic E-state index is 13.5. The summed E-state index contributed by atoms with van der Waals surface area (Å²) < 4.78 is 10.7. The van der Waals surface area contributed by atoms with Gasteiger partial charge in [0.2, 0.25) is 0 Å². The van der Waals surface area contributed by atoms with Crippen molar-refractivity contribution >= 4 is 29.8 Å². The quantitative estimate of drug-likeness (QED) is 0.240. The topological polar surface area (TPSA) is 120 Å². The number of ether oxygens (including phenoxy) is 2. The fraction of sp³-hybridized carbons (Fsp3) is 0.700. The molecule has 1 fully saturated rings. The Balaban J connectivity index is 2.14. The Morgan fingerprint density at radius 1 is 1.12 bits per heavy atom. The van der Waals surface area contributed by atoms with Crippen LogP contribution in [0.25, 0.3) is 0 Å². The Labute approximate surface area is 250 Å². The molecule has 1 aromatic rings. The third-order valence-corrected chi connectivity index (χ3v) is 8.10. The third-order valence-electron chi connectivity index (χ3n) is 7.87. The van der Waals surface area contributed by atoms with Gasteiger partial charge in [0, 0.05) is 38.8 Å². The first-order valence-electron chi connectivity index (χ1n) is 14.5. The van der Waals surface area contributed by atoms with Crippen molar-refractivity contribution in [3.8, 4) is 0 Å². The van der Waals surface area contributed by atoms with E-state index in [1.165, 1.54) is 18.4 Å². The Kier molecular flexibility index (Phi) is 14.0. The summed E-state index contributed by atoms with van der Waals surface area (Å²) >= 11 is 6.23. The van der Waals surface area contributed by atoms with Crippen LogP contribution in [0.1, 0.15) is 71.0 Å². The van der Waals surface area contributed by atoms with Gasteiger partial charge in [0.25, 0.3) is 0 Å². The minimum Gasteiger partial charge on any atom is -0.465 e. The number of alkyl carbamates (subject to hydrolysis) is 1. The van der Waals surface area contributed by atoms with Crippen molar-refractivity contribution in [3.63, 3.8) is 0 Å². The molecular weight excluding hydrogens is 548 g/mol. The molecule has 1 aliphatic carbocycles. The van der Waals surface area contributed by atoms with Gasteiger partial charge >= 0.3 is 18.2 Å². The second-order valence-corrected chi connectivity index (χ2v) is 12.5. The molecule has 1 aromatic carbocycles. The Bertz CT molecular complexity index is 982. The van der Waals surface area contributed by atoms with Crippen molar-refractivity contribution in [3.05, 3.63) is 34.9 Å². The Morgan fingerprint density at radius 2 is 1.80 bits per heavy atom. The van der Waals surface area contributed by atoms with Crippen LogP contribution in [0.4, 0.5) is 14.4 Å². The van der Waals surface area contributed by atoms with Gasteiger partial charge in [0.15, 0.2) is 0 Å². The Hall–Kier alpha value is -2.72. The molecule has 3 atom stereocenters. The molecule has 0 saturated heterocycles. The standard InChI is InChI=1S/C30H49ClN4O6/c1-30(2,3)26(21-11-8-7-9-12-21)24(20-35(5)29(38)39)33-27(36)34(4)17-15-25(22-13-10-14-23(31)19-22)41-18-16-32-28(37)40-6/h10,13-14,19,21,24-26H,7-9,11-12,15-18,20H2,1-6H3,(H,32,37)(H,33,36)(H,38,39). The van der Waals surface area contributed by atoms with Crippen molar-refractivity contribution in [1.82, 2.24) is 20.4 Å². The second-order valence-electron chi connectivity index (χ2n) is 12.1. The average Bonchev–Trinajstić information content (AvgIpc) is 2.91. The van der Waals surface area contributed by atoms with Crippen LogP contribution in [-0.2, 0) is 9.47 Å². The van der Waals surface area contributed by atoms with Crippen LogP contribution in [0.2, 0.25) is 5.02 Å². The van der Waals surface area contributed by atoms with Crippen molar-refractivity contribution in [2.75, 3.05) is 47.4 Å². The van der Waals surface area contributed by atoms with E-state index < -0.39 is 12.2 Å². The van der Waals surface area contributed by atoms with Crippen LogP contribution in [0.3, 0.4) is 0 Å². The number of benzene rings is 1. The van der Waals surface area contributed by atoms with Crippen molar-refractivity contribution < 1.29 is 29.0 Å². The number of carboxylic acid groups (broad SMARTS) is 1. The zero-order valence-electron chi connectivity index (χ0n) is 25.5. The van der Waals surface area contributed by atoms with Gasteiger partial charge in [0.1, 0.15) is 0 Å². The third kappa shape index (κ3) is 11.6. The molecule has 41 heavy (non-hydrogen) atoms. The van der Waals surface area contributed by atoms with Crippen LogP contribution in [0.5, 0.6) is 0 Å². The molecule has 4 amide bonds. The number of likely N-dealkylation sites (N-methyl/N-ethyl adjacent to an activating group) is 1. The van der Waals surface area contributed by atoms with E-state index in [0.29, 0.717) is 23.9 Å². The molecule has 0 bridgehead atoms. The maximum Gasteiger partial charge on any atom is 0.407 e. The lowest BCUT2D eigenvalue weighted by atomic mass is 9.65. The highest BCUT2D eigenvalue weighted by molar-refractivity contribution is 6.30. The number of carbonyl (C=O) groups excluding carboxylic acids is 2. The van der Waals surface area contributed by atoms with Crippen molar-refractivity contribution in [2.24, 2.45) is 17.3 Å². The van der Waals surface area contributed by atoms with Crippen LogP contribution in [0, 0.1) is 17.3 Å². The summed E-state index contributed by atoms with van der Waals surface area (Å²) in [7, 11) is 4.58. The van der Waals surface area contributed by atoms with Crippen LogP contribution < -0.4 is 10.6 Å². The first kappa shape index (κ1) is 34.5. The predicted molar refractivity (Wildman–Crippen MR) is 160 cm³/mol. The summed E-state index contributed by atoms with van der Waals surface area (Å²) in [4.78, 5) is 39.5. The van der Waals surface area contributed by atoms with Crippen LogP contribution in [-0.4, -0.2) is 86.6 Å².